The van der Waals surface area contributed by atoms with Crippen molar-refractivity contribution in [3.8, 4) is 17.2 Å². The van der Waals surface area contributed by atoms with E-state index in [0.29, 0.717) is 18.1 Å². The van der Waals surface area contributed by atoms with Crippen molar-refractivity contribution in [2.24, 2.45) is 0 Å². The van der Waals surface area contributed by atoms with Crippen LogP contribution in [0, 0.1) is 0 Å². The lowest BCUT2D eigenvalue weighted by Crippen LogP contribution is -2.54. The number of ether oxygens (including phenoxy) is 3. The Labute approximate surface area is 295 Å². The Balaban J connectivity index is 1.57. The highest BCUT2D eigenvalue weighted by Gasteiger charge is 2.36. The van der Waals surface area contributed by atoms with Crippen LogP contribution in [0.2, 0.25) is 0 Å². The first-order valence-electron chi connectivity index (χ1n) is 16.9. The minimum absolute atomic E-state index is 0.0280. The number of nitrogens with zero attached hydrogens (tertiary/aromatic N) is 2. The maximum absolute atomic E-state index is 14.7. The largest absolute Gasteiger partial charge is 0.494 e. The van der Waals surface area contributed by atoms with E-state index >= 15 is 0 Å². The molecule has 1 fully saturated rings. The molecule has 0 aliphatic heterocycles. The number of benzene rings is 4. The van der Waals surface area contributed by atoms with Crippen LogP contribution in [-0.4, -0.2) is 64.6 Å². The van der Waals surface area contributed by atoms with E-state index in [1.807, 2.05) is 67.6 Å². The highest BCUT2D eigenvalue weighted by atomic mass is 32.2. The third kappa shape index (κ3) is 8.95. The standard InChI is InChI=1S/C39H45N3O7S/c1-4-49-33-21-19-32(20-22-33)42(50(45,46)34-23-24-36(47-2)37(26-34)48-3)28-38(43)41(27-30-15-9-6-10-16-30)35(25-29-13-7-5-8-14-29)39(44)40-31-17-11-12-18-31/h5-10,13-16,19-24,26,31,35H,4,11-12,17-18,25,27-28H2,1-3H3,(H,40,44). The highest BCUT2D eigenvalue weighted by molar-refractivity contribution is 7.92. The topological polar surface area (TPSA) is 114 Å². The van der Waals surface area contributed by atoms with Gasteiger partial charge >= 0.3 is 0 Å². The van der Waals surface area contributed by atoms with Gasteiger partial charge in [0.1, 0.15) is 18.3 Å². The predicted octanol–water partition coefficient (Wildman–Crippen LogP) is 6.00. The number of methoxy groups -OCH3 is 2. The number of hydrogen-bond acceptors (Lipinski definition) is 7. The summed E-state index contributed by atoms with van der Waals surface area (Å²) in [5, 5.41) is 3.20. The first-order chi connectivity index (χ1) is 24.2. The minimum Gasteiger partial charge on any atom is -0.494 e. The molecule has 1 aliphatic rings. The Morgan fingerprint density at radius 3 is 2.04 bits per heavy atom. The predicted molar refractivity (Wildman–Crippen MR) is 193 cm³/mol. The van der Waals surface area contributed by atoms with Gasteiger partial charge in [-0.1, -0.05) is 73.5 Å². The molecule has 0 heterocycles. The second kappa shape index (κ2) is 17.1. The molecule has 1 atom stereocenters. The van der Waals surface area contributed by atoms with Crippen molar-refractivity contribution in [1.29, 1.82) is 0 Å². The minimum atomic E-state index is -4.35. The summed E-state index contributed by atoms with van der Waals surface area (Å²) in [6, 6.07) is 28.9. The molecule has 0 aromatic heterocycles. The van der Waals surface area contributed by atoms with Crippen LogP contribution in [0.3, 0.4) is 0 Å². The van der Waals surface area contributed by atoms with Crippen LogP contribution in [0.15, 0.2) is 108 Å². The van der Waals surface area contributed by atoms with E-state index in [4.69, 9.17) is 14.2 Å². The van der Waals surface area contributed by atoms with Gasteiger partial charge in [-0.3, -0.25) is 13.9 Å². The van der Waals surface area contributed by atoms with E-state index in [2.05, 4.69) is 5.32 Å². The number of nitrogens with one attached hydrogen (secondary N) is 1. The zero-order chi connectivity index (χ0) is 35.5. The summed E-state index contributed by atoms with van der Waals surface area (Å²) < 4.78 is 46.4. The average Bonchev–Trinajstić information content (AvgIpc) is 3.66. The Morgan fingerprint density at radius 1 is 0.820 bits per heavy atom. The van der Waals surface area contributed by atoms with E-state index in [0.717, 1.165) is 41.1 Å². The van der Waals surface area contributed by atoms with E-state index < -0.39 is 28.5 Å². The van der Waals surface area contributed by atoms with Crippen LogP contribution in [0.4, 0.5) is 5.69 Å². The molecule has 4 aromatic carbocycles. The second-order valence-corrected chi connectivity index (χ2v) is 14.0. The van der Waals surface area contributed by atoms with Crippen molar-refractivity contribution in [2.45, 2.75) is 62.6 Å². The molecule has 0 radical (unpaired) electrons. The monoisotopic (exact) mass is 699 g/mol. The van der Waals surface area contributed by atoms with Crippen LogP contribution in [-0.2, 0) is 32.6 Å². The molecule has 0 spiro atoms. The third-order valence-electron chi connectivity index (χ3n) is 8.83. The fraction of sp³-hybridized carbons (Fsp3) is 0.333. The van der Waals surface area contributed by atoms with Gasteiger partial charge in [-0.05, 0) is 67.3 Å². The zero-order valence-corrected chi connectivity index (χ0v) is 29.6. The number of rotatable bonds is 16. The van der Waals surface area contributed by atoms with Gasteiger partial charge in [0.05, 0.1) is 31.4 Å². The maximum atomic E-state index is 14.7. The van der Waals surface area contributed by atoms with E-state index in [1.54, 1.807) is 24.3 Å². The van der Waals surface area contributed by atoms with Gasteiger partial charge in [-0.25, -0.2) is 8.42 Å². The number of carbonyl (C=O) groups is 2. The normalized spacial score (nSPS) is 13.7. The first kappa shape index (κ1) is 36.3. The summed E-state index contributed by atoms with van der Waals surface area (Å²) in [5.41, 5.74) is 1.94. The van der Waals surface area contributed by atoms with Gasteiger partial charge in [0.2, 0.25) is 11.8 Å². The molecule has 2 amide bonds. The fourth-order valence-corrected chi connectivity index (χ4v) is 7.64. The van der Waals surface area contributed by atoms with Crippen molar-refractivity contribution < 1.29 is 32.2 Å². The van der Waals surface area contributed by atoms with Gasteiger partial charge in [0.15, 0.2) is 11.5 Å². The molecule has 5 rings (SSSR count). The summed E-state index contributed by atoms with van der Waals surface area (Å²) in [7, 11) is -1.46. The van der Waals surface area contributed by atoms with E-state index in [1.165, 1.54) is 37.3 Å². The van der Waals surface area contributed by atoms with E-state index in [-0.39, 0.29) is 41.2 Å². The third-order valence-corrected chi connectivity index (χ3v) is 10.6. The molecule has 1 aliphatic carbocycles. The number of anilines is 1. The number of hydrogen-bond donors (Lipinski definition) is 1. The highest BCUT2D eigenvalue weighted by Crippen LogP contribution is 2.33. The van der Waals surface area contributed by atoms with Gasteiger partial charge in [0.25, 0.3) is 10.0 Å². The summed E-state index contributed by atoms with van der Waals surface area (Å²) in [6.45, 7) is 1.82. The zero-order valence-electron chi connectivity index (χ0n) is 28.8. The molecule has 4 aromatic rings. The van der Waals surface area contributed by atoms with Gasteiger partial charge in [-0.15, -0.1) is 0 Å². The van der Waals surface area contributed by atoms with Gasteiger partial charge in [-0.2, -0.15) is 0 Å². The molecule has 1 N–H and O–H groups in total. The summed E-state index contributed by atoms with van der Waals surface area (Å²) in [4.78, 5) is 30.3. The summed E-state index contributed by atoms with van der Waals surface area (Å²) in [6.07, 6.45) is 4.08. The lowest BCUT2D eigenvalue weighted by Gasteiger charge is -2.34. The van der Waals surface area contributed by atoms with Crippen molar-refractivity contribution in [3.05, 3.63) is 114 Å². The van der Waals surface area contributed by atoms with Crippen LogP contribution in [0.1, 0.15) is 43.7 Å². The molecule has 50 heavy (non-hydrogen) atoms. The second-order valence-electron chi connectivity index (χ2n) is 12.2. The van der Waals surface area contributed by atoms with Crippen LogP contribution in [0.5, 0.6) is 17.2 Å². The Bertz CT molecular complexity index is 1810. The van der Waals surface area contributed by atoms with E-state index in [9.17, 15) is 18.0 Å². The number of amides is 2. The van der Waals surface area contributed by atoms with Crippen LogP contribution >= 0.6 is 0 Å². The molecule has 11 heteroatoms. The van der Waals surface area contributed by atoms with Crippen molar-refractivity contribution >= 4 is 27.5 Å². The Hall–Kier alpha value is -5.03. The Kier molecular flexibility index (Phi) is 12.4. The molecule has 1 unspecified atom stereocenters. The maximum Gasteiger partial charge on any atom is 0.264 e. The van der Waals surface area contributed by atoms with Crippen LogP contribution in [0.25, 0.3) is 0 Å². The number of carbonyl (C=O) groups excluding carboxylic acids is 2. The molecule has 10 nitrogen and oxygen atoms in total. The molecule has 1 saturated carbocycles. The van der Waals surface area contributed by atoms with Gasteiger partial charge < -0.3 is 24.4 Å². The smallest absolute Gasteiger partial charge is 0.264 e. The molecular weight excluding hydrogens is 655 g/mol. The van der Waals surface area contributed by atoms with Crippen molar-refractivity contribution in [3.63, 3.8) is 0 Å². The lowest BCUT2D eigenvalue weighted by molar-refractivity contribution is -0.140. The molecular formula is C39H45N3O7S. The summed E-state index contributed by atoms with van der Waals surface area (Å²) in [5.74, 6) is 0.350. The lowest BCUT2D eigenvalue weighted by atomic mass is 10.0. The number of sulfonamides is 1. The average molecular weight is 700 g/mol. The molecule has 264 valence electrons. The first-order valence-corrected chi connectivity index (χ1v) is 18.3. The van der Waals surface area contributed by atoms with Gasteiger partial charge in [0, 0.05) is 25.1 Å². The van der Waals surface area contributed by atoms with Crippen molar-refractivity contribution in [1.82, 2.24) is 10.2 Å². The van der Waals surface area contributed by atoms with Crippen LogP contribution < -0.4 is 23.8 Å². The fourth-order valence-electron chi connectivity index (χ4n) is 6.21. The summed E-state index contributed by atoms with van der Waals surface area (Å²) >= 11 is 0. The Morgan fingerprint density at radius 2 is 1.44 bits per heavy atom. The molecule has 0 bridgehead atoms. The SMILES string of the molecule is CCOc1ccc(N(CC(=O)N(Cc2ccccc2)C(Cc2ccccc2)C(=O)NC2CCCC2)S(=O)(=O)c2ccc(OC)c(OC)c2)cc1. The van der Waals surface area contributed by atoms with Crippen molar-refractivity contribution in [2.75, 3.05) is 31.7 Å². The molecule has 0 saturated heterocycles. The quantitative estimate of drug-likeness (QED) is 0.153.